The molecule has 1 aliphatic carbocycles. The van der Waals surface area contributed by atoms with Gasteiger partial charge >= 0.3 is 0 Å². The number of hydrogen-bond donors (Lipinski definition) is 3. The molecule has 0 aromatic heterocycles. The summed E-state index contributed by atoms with van der Waals surface area (Å²) in [6, 6.07) is 14.1. The Morgan fingerprint density at radius 2 is 1.82 bits per heavy atom. The average molecular weight is 297 g/mol. The van der Waals surface area contributed by atoms with Crippen molar-refractivity contribution in [2.24, 2.45) is 11.5 Å². The molecule has 2 aromatic rings. The van der Waals surface area contributed by atoms with Gasteiger partial charge in [0.15, 0.2) is 0 Å². The van der Waals surface area contributed by atoms with Crippen molar-refractivity contribution in [1.82, 2.24) is 5.32 Å². The molecule has 22 heavy (non-hydrogen) atoms. The highest BCUT2D eigenvalue weighted by molar-refractivity contribution is 5.87. The summed E-state index contributed by atoms with van der Waals surface area (Å²) in [7, 11) is 0. The van der Waals surface area contributed by atoms with Gasteiger partial charge in [0, 0.05) is 6.54 Å². The zero-order valence-electron chi connectivity index (χ0n) is 12.7. The van der Waals surface area contributed by atoms with Crippen LogP contribution >= 0.6 is 0 Å². The normalized spacial score (nSPS) is 18.3. The molecule has 0 bridgehead atoms. The van der Waals surface area contributed by atoms with E-state index in [0.717, 1.165) is 36.6 Å². The number of nitrogens with two attached hydrogens (primary N) is 2. The molecule has 1 saturated carbocycles. The fourth-order valence-corrected chi connectivity index (χ4v) is 3.24. The van der Waals surface area contributed by atoms with Gasteiger partial charge in [-0.25, -0.2) is 0 Å². The van der Waals surface area contributed by atoms with E-state index in [2.05, 4.69) is 29.6 Å². The van der Waals surface area contributed by atoms with Crippen LogP contribution in [-0.2, 0) is 4.79 Å². The van der Waals surface area contributed by atoms with E-state index in [9.17, 15) is 4.79 Å². The third kappa shape index (κ3) is 2.85. The van der Waals surface area contributed by atoms with Crippen molar-refractivity contribution in [2.75, 3.05) is 6.54 Å². The summed E-state index contributed by atoms with van der Waals surface area (Å²) in [6.45, 7) is 0.361. The highest BCUT2D eigenvalue weighted by Gasteiger charge is 2.37. The first kappa shape index (κ1) is 15.0. The summed E-state index contributed by atoms with van der Waals surface area (Å²) >= 11 is 0. The smallest absolute Gasteiger partial charge is 0.240 e. The lowest BCUT2D eigenvalue weighted by Gasteiger charge is -2.26. The molecule has 0 aliphatic heterocycles. The Morgan fingerprint density at radius 3 is 2.50 bits per heavy atom. The van der Waals surface area contributed by atoms with Gasteiger partial charge in [0.25, 0.3) is 0 Å². The Morgan fingerprint density at radius 1 is 1.14 bits per heavy atom. The van der Waals surface area contributed by atoms with Crippen LogP contribution in [0.15, 0.2) is 42.5 Å². The number of amides is 1. The van der Waals surface area contributed by atoms with E-state index in [1.165, 1.54) is 5.39 Å². The standard InChI is InChI=1S/C18H23N3O/c19-12-16(21-17(22)18(20)9-3-4-10-18)15-8-7-13-5-1-2-6-14(13)11-15/h1-2,5-8,11,16H,3-4,9-10,12,19-20H2,(H,21,22). The van der Waals surface area contributed by atoms with Crippen LogP contribution in [0.2, 0.25) is 0 Å². The number of carbonyl (C=O) groups excluding carboxylic acids is 1. The van der Waals surface area contributed by atoms with Gasteiger partial charge in [-0.3, -0.25) is 4.79 Å². The maximum Gasteiger partial charge on any atom is 0.240 e. The molecule has 0 saturated heterocycles. The van der Waals surface area contributed by atoms with Gasteiger partial charge < -0.3 is 16.8 Å². The minimum absolute atomic E-state index is 0.0754. The van der Waals surface area contributed by atoms with Gasteiger partial charge in [0.2, 0.25) is 5.91 Å². The molecule has 0 heterocycles. The van der Waals surface area contributed by atoms with Crippen LogP contribution in [0.5, 0.6) is 0 Å². The summed E-state index contributed by atoms with van der Waals surface area (Å²) in [6.07, 6.45) is 3.56. The SMILES string of the molecule is NCC(NC(=O)C1(N)CCCC1)c1ccc2ccccc2c1. The van der Waals surface area contributed by atoms with Crippen LogP contribution in [0.25, 0.3) is 10.8 Å². The van der Waals surface area contributed by atoms with E-state index in [-0.39, 0.29) is 11.9 Å². The molecular formula is C18H23N3O. The molecular weight excluding hydrogens is 274 g/mol. The minimum atomic E-state index is -0.718. The van der Waals surface area contributed by atoms with Crippen molar-refractivity contribution in [3.05, 3.63) is 48.0 Å². The van der Waals surface area contributed by atoms with E-state index in [1.807, 2.05) is 18.2 Å². The summed E-state index contributed by atoms with van der Waals surface area (Å²) in [4.78, 5) is 12.5. The van der Waals surface area contributed by atoms with Crippen LogP contribution in [0.4, 0.5) is 0 Å². The first-order valence-corrected chi connectivity index (χ1v) is 7.91. The highest BCUT2D eigenvalue weighted by Crippen LogP contribution is 2.28. The van der Waals surface area contributed by atoms with Gasteiger partial charge in [-0.1, -0.05) is 49.2 Å². The van der Waals surface area contributed by atoms with E-state index >= 15 is 0 Å². The number of nitrogens with one attached hydrogen (secondary N) is 1. The Labute approximate surface area is 130 Å². The molecule has 0 radical (unpaired) electrons. The number of hydrogen-bond acceptors (Lipinski definition) is 3. The second-order valence-electron chi connectivity index (χ2n) is 6.23. The Balaban J connectivity index is 1.81. The zero-order chi connectivity index (χ0) is 15.6. The van der Waals surface area contributed by atoms with Gasteiger partial charge in [-0.15, -0.1) is 0 Å². The molecule has 1 amide bonds. The molecule has 4 nitrogen and oxygen atoms in total. The summed E-state index contributed by atoms with van der Waals surface area (Å²) in [5.74, 6) is -0.0754. The van der Waals surface area contributed by atoms with E-state index in [4.69, 9.17) is 11.5 Å². The van der Waals surface area contributed by atoms with Crippen LogP contribution in [0.3, 0.4) is 0 Å². The molecule has 1 atom stereocenters. The lowest BCUT2D eigenvalue weighted by molar-refractivity contribution is -0.126. The predicted molar refractivity (Wildman–Crippen MR) is 89.3 cm³/mol. The minimum Gasteiger partial charge on any atom is -0.346 e. The first-order chi connectivity index (χ1) is 10.6. The quantitative estimate of drug-likeness (QED) is 0.809. The number of rotatable bonds is 4. The molecule has 116 valence electrons. The van der Waals surface area contributed by atoms with Gasteiger partial charge in [-0.05, 0) is 35.2 Å². The summed E-state index contributed by atoms with van der Waals surface area (Å²) in [5, 5.41) is 5.37. The fourth-order valence-electron chi connectivity index (χ4n) is 3.24. The molecule has 2 aromatic carbocycles. The molecule has 1 unspecified atom stereocenters. The first-order valence-electron chi connectivity index (χ1n) is 7.91. The second-order valence-corrected chi connectivity index (χ2v) is 6.23. The Bertz CT molecular complexity index is 677. The molecule has 1 fully saturated rings. The average Bonchev–Trinajstić information content (AvgIpc) is 3.00. The summed E-state index contributed by atoms with van der Waals surface area (Å²) in [5.41, 5.74) is 12.4. The van der Waals surface area contributed by atoms with Crippen LogP contribution in [0, 0.1) is 0 Å². The molecule has 5 N–H and O–H groups in total. The predicted octanol–water partition coefficient (Wildman–Crippen LogP) is 2.23. The van der Waals surface area contributed by atoms with Crippen molar-refractivity contribution in [1.29, 1.82) is 0 Å². The van der Waals surface area contributed by atoms with Crippen LogP contribution < -0.4 is 16.8 Å². The van der Waals surface area contributed by atoms with Crippen molar-refractivity contribution >= 4 is 16.7 Å². The maximum atomic E-state index is 12.5. The molecule has 3 rings (SSSR count). The Hall–Kier alpha value is -1.91. The topological polar surface area (TPSA) is 81.1 Å². The maximum absolute atomic E-state index is 12.5. The molecule has 0 spiro atoms. The van der Waals surface area contributed by atoms with Crippen molar-refractivity contribution in [3.63, 3.8) is 0 Å². The number of fused-ring (bicyclic) bond motifs is 1. The third-order valence-electron chi connectivity index (χ3n) is 4.66. The van der Waals surface area contributed by atoms with E-state index < -0.39 is 5.54 Å². The Kier molecular flexibility index (Phi) is 4.14. The highest BCUT2D eigenvalue weighted by atomic mass is 16.2. The van der Waals surface area contributed by atoms with Crippen LogP contribution in [-0.4, -0.2) is 18.0 Å². The largest absolute Gasteiger partial charge is 0.346 e. The monoisotopic (exact) mass is 297 g/mol. The van der Waals surface area contributed by atoms with E-state index in [0.29, 0.717) is 6.54 Å². The van der Waals surface area contributed by atoms with Gasteiger partial charge in [0.05, 0.1) is 11.6 Å². The van der Waals surface area contributed by atoms with Crippen molar-refractivity contribution < 1.29 is 4.79 Å². The lowest BCUT2D eigenvalue weighted by Crippen LogP contribution is -2.53. The van der Waals surface area contributed by atoms with Gasteiger partial charge in [0.1, 0.15) is 0 Å². The lowest BCUT2D eigenvalue weighted by atomic mass is 9.96. The van der Waals surface area contributed by atoms with Crippen LogP contribution in [0.1, 0.15) is 37.3 Å². The van der Waals surface area contributed by atoms with Crippen molar-refractivity contribution in [3.8, 4) is 0 Å². The second kappa shape index (κ2) is 6.07. The molecule has 4 heteroatoms. The zero-order valence-corrected chi connectivity index (χ0v) is 12.7. The van der Waals surface area contributed by atoms with E-state index in [1.54, 1.807) is 0 Å². The number of benzene rings is 2. The summed E-state index contributed by atoms with van der Waals surface area (Å²) < 4.78 is 0. The molecule has 1 aliphatic rings. The fraction of sp³-hybridized carbons (Fsp3) is 0.389. The van der Waals surface area contributed by atoms with Crippen molar-refractivity contribution in [2.45, 2.75) is 37.3 Å². The number of carbonyl (C=O) groups is 1. The van der Waals surface area contributed by atoms with Gasteiger partial charge in [-0.2, -0.15) is 0 Å². The third-order valence-corrected chi connectivity index (χ3v) is 4.66.